The summed E-state index contributed by atoms with van der Waals surface area (Å²) in [6.07, 6.45) is 0. The summed E-state index contributed by atoms with van der Waals surface area (Å²) in [4.78, 5) is 33.1. The molecule has 2 aliphatic rings. The predicted octanol–water partition coefficient (Wildman–Crippen LogP) is 4.53. The van der Waals surface area contributed by atoms with Crippen LogP contribution >= 0.6 is 23.2 Å². The summed E-state index contributed by atoms with van der Waals surface area (Å²) >= 11 is 12.6. The molecule has 2 amide bonds. The third-order valence-corrected chi connectivity index (χ3v) is 6.76. The molecule has 0 aromatic heterocycles. The SMILES string of the molecule is CCN1CCN(C2=C(c3ccc(Cl)cc3Cl)C(=O)N(c3cccc(C)c3C)C2=O)CC1. The number of benzene rings is 2. The normalized spacial score (nSPS) is 17.8. The number of carbonyl (C=O) groups is 2. The van der Waals surface area contributed by atoms with Gasteiger partial charge in [0.2, 0.25) is 0 Å². The second kappa shape index (κ2) is 8.65. The molecule has 0 saturated carbocycles. The Hall–Kier alpha value is -2.34. The standard InChI is InChI=1S/C24H25Cl2N3O2/c1-4-27-10-12-28(13-11-27)22-21(18-9-8-17(25)14-19(18)26)23(30)29(24(22)31)20-7-5-6-15(2)16(20)3/h5-9,14H,4,10-13H2,1-3H3. The third-order valence-electron chi connectivity index (χ3n) is 6.21. The van der Waals surface area contributed by atoms with E-state index in [9.17, 15) is 9.59 Å². The Kier molecular flexibility index (Phi) is 6.11. The molecule has 7 heteroatoms. The summed E-state index contributed by atoms with van der Waals surface area (Å²) in [6.45, 7) is 10.0. The van der Waals surface area contributed by atoms with Crippen molar-refractivity contribution in [3.05, 3.63) is 68.8 Å². The van der Waals surface area contributed by atoms with Gasteiger partial charge in [0.25, 0.3) is 11.8 Å². The maximum absolute atomic E-state index is 13.7. The summed E-state index contributed by atoms with van der Waals surface area (Å²) in [5.74, 6) is -0.652. The van der Waals surface area contributed by atoms with Gasteiger partial charge in [-0.15, -0.1) is 0 Å². The van der Waals surface area contributed by atoms with Crippen molar-refractivity contribution < 1.29 is 9.59 Å². The van der Waals surface area contributed by atoms with E-state index in [0.29, 0.717) is 45.7 Å². The zero-order chi connectivity index (χ0) is 22.3. The minimum Gasteiger partial charge on any atom is -0.364 e. The number of hydrogen-bond acceptors (Lipinski definition) is 4. The number of carbonyl (C=O) groups excluding carboxylic acids is 2. The maximum Gasteiger partial charge on any atom is 0.282 e. The Morgan fingerprint density at radius 3 is 2.29 bits per heavy atom. The number of imide groups is 1. The van der Waals surface area contributed by atoms with Gasteiger partial charge in [-0.25, -0.2) is 4.90 Å². The van der Waals surface area contributed by atoms with Crippen LogP contribution in [0.1, 0.15) is 23.6 Å². The van der Waals surface area contributed by atoms with E-state index in [2.05, 4.69) is 11.8 Å². The minimum atomic E-state index is -0.351. The molecule has 1 fully saturated rings. The first kappa shape index (κ1) is 21.9. The monoisotopic (exact) mass is 457 g/mol. The number of nitrogens with zero attached hydrogens (tertiary/aromatic N) is 3. The van der Waals surface area contributed by atoms with Crippen LogP contribution in [0.2, 0.25) is 10.0 Å². The molecule has 0 spiro atoms. The Labute approximate surface area is 192 Å². The van der Waals surface area contributed by atoms with Crippen LogP contribution in [0, 0.1) is 13.8 Å². The molecular weight excluding hydrogens is 433 g/mol. The molecule has 0 bridgehead atoms. The van der Waals surface area contributed by atoms with Gasteiger partial charge in [0.05, 0.1) is 16.3 Å². The smallest absolute Gasteiger partial charge is 0.282 e. The predicted molar refractivity (Wildman–Crippen MR) is 125 cm³/mol. The highest BCUT2D eigenvalue weighted by Crippen LogP contribution is 2.39. The van der Waals surface area contributed by atoms with E-state index in [1.807, 2.05) is 36.9 Å². The number of piperazine rings is 1. The summed E-state index contributed by atoms with van der Waals surface area (Å²) in [7, 11) is 0. The van der Waals surface area contributed by atoms with Crippen molar-refractivity contribution >= 4 is 46.3 Å². The molecule has 0 N–H and O–H groups in total. The molecule has 0 aliphatic carbocycles. The van der Waals surface area contributed by atoms with Gasteiger partial charge in [0.15, 0.2) is 0 Å². The van der Waals surface area contributed by atoms with Gasteiger partial charge in [-0.3, -0.25) is 9.59 Å². The van der Waals surface area contributed by atoms with Crippen molar-refractivity contribution in [2.24, 2.45) is 0 Å². The summed E-state index contributed by atoms with van der Waals surface area (Å²) < 4.78 is 0. The molecule has 0 radical (unpaired) electrons. The average molecular weight is 458 g/mol. The summed E-state index contributed by atoms with van der Waals surface area (Å²) in [5, 5.41) is 0.840. The molecule has 2 heterocycles. The molecule has 5 nitrogen and oxygen atoms in total. The van der Waals surface area contributed by atoms with Gasteiger partial charge in [0.1, 0.15) is 5.70 Å². The number of rotatable bonds is 4. The van der Waals surface area contributed by atoms with E-state index in [-0.39, 0.29) is 11.8 Å². The largest absolute Gasteiger partial charge is 0.364 e. The van der Waals surface area contributed by atoms with Crippen LogP contribution in [-0.2, 0) is 9.59 Å². The molecular formula is C24H25Cl2N3O2. The number of amides is 2. The van der Waals surface area contributed by atoms with E-state index in [4.69, 9.17) is 23.2 Å². The molecule has 2 aliphatic heterocycles. The minimum absolute atomic E-state index is 0.301. The van der Waals surface area contributed by atoms with Crippen LogP contribution in [0.3, 0.4) is 0 Å². The highest BCUT2D eigenvalue weighted by molar-refractivity contribution is 6.47. The van der Waals surface area contributed by atoms with Crippen LogP contribution in [-0.4, -0.2) is 54.3 Å². The van der Waals surface area contributed by atoms with Crippen molar-refractivity contribution in [3.8, 4) is 0 Å². The molecule has 0 atom stereocenters. The highest BCUT2D eigenvalue weighted by atomic mass is 35.5. The molecule has 2 aromatic carbocycles. The highest BCUT2D eigenvalue weighted by Gasteiger charge is 2.44. The Morgan fingerprint density at radius 2 is 1.65 bits per heavy atom. The Morgan fingerprint density at radius 1 is 0.935 bits per heavy atom. The number of likely N-dealkylation sites (N-methyl/N-ethyl adjacent to an activating group) is 1. The molecule has 162 valence electrons. The zero-order valence-corrected chi connectivity index (χ0v) is 19.4. The van der Waals surface area contributed by atoms with Crippen molar-refractivity contribution in [3.63, 3.8) is 0 Å². The lowest BCUT2D eigenvalue weighted by atomic mass is 10.0. The van der Waals surface area contributed by atoms with Crippen molar-refractivity contribution in [2.45, 2.75) is 20.8 Å². The van der Waals surface area contributed by atoms with Gasteiger partial charge in [-0.1, -0.05) is 48.3 Å². The first-order valence-electron chi connectivity index (χ1n) is 10.5. The average Bonchev–Trinajstić information content (AvgIpc) is 3.00. The quantitative estimate of drug-likeness (QED) is 0.632. The first-order chi connectivity index (χ1) is 14.8. The van der Waals surface area contributed by atoms with Crippen molar-refractivity contribution in [2.75, 3.05) is 37.6 Å². The van der Waals surface area contributed by atoms with E-state index in [1.165, 1.54) is 4.90 Å². The van der Waals surface area contributed by atoms with Crippen LogP contribution in [0.25, 0.3) is 5.57 Å². The van der Waals surface area contributed by atoms with E-state index in [1.54, 1.807) is 18.2 Å². The number of anilines is 1. The first-order valence-corrected chi connectivity index (χ1v) is 11.2. The lowest BCUT2D eigenvalue weighted by Gasteiger charge is -2.36. The van der Waals surface area contributed by atoms with Gasteiger partial charge >= 0.3 is 0 Å². The van der Waals surface area contributed by atoms with E-state index < -0.39 is 0 Å². The van der Waals surface area contributed by atoms with Crippen LogP contribution < -0.4 is 4.90 Å². The lowest BCUT2D eigenvalue weighted by molar-refractivity contribution is -0.120. The van der Waals surface area contributed by atoms with E-state index >= 15 is 0 Å². The van der Waals surface area contributed by atoms with Gasteiger partial charge in [-0.05, 0) is 49.7 Å². The molecule has 1 saturated heterocycles. The fourth-order valence-electron chi connectivity index (χ4n) is 4.23. The van der Waals surface area contributed by atoms with Crippen LogP contribution in [0.4, 0.5) is 5.69 Å². The van der Waals surface area contributed by atoms with Gasteiger partial charge in [0, 0.05) is 36.8 Å². The lowest BCUT2D eigenvalue weighted by Crippen LogP contribution is -2.47. The zero-order valence-electron chi connectivity index (χ0n) is 17.9. The molecule has 31 heavy (non-hydrogen) atoms. The van der Waals surface area contributed by atoms with Gasteiger partial charge < -0.3 is 9.80 Å². The third kappa shape index (κ3) is 3.86. The molecule has 4 rings (SSSR count). The van der Waals surface area contributed by atoms with E-state index in [0.717, 1.165) is 30.8 Å². The molecule has 2 aromatic rings. The summed E-state index contributed by atoms with van der Waals surface area (Å²) in [5.41, 5.74) is 3.84. The summed E-state index contributed by atoms with van der Waals surface area (Å²) in [6, 6.07) is 10.7. The fraction of sp³-hybridized carbons (Fsp3) is 0.333. The molecule has 0 unspecified atom stereocenters. The van der Waals surface area contributed by atoms with Crippen molar-refractivity contribution in [1.29, 1.82) is 0 Å². The van der Waals surface area contributed by atoms with Crippen LogP contribution in [0.5, 0.6) is 0 Å². The van der Waals surface area contributed by atoms with Crippen molar-refractivity contribution in [1.82, 2.24) is 9.80 Å². The van der Waals surface area contributed by atoms with Gasteiger partial charge in [-0.2, -0.15) is 0 Å². The topological polar surface area (TPSA) is 43.9 Å². The Balaban J connectivity index is 1.84. The number of aryl methyl sites for hydroxylation is 1. The number of halogens is 2. The Bertz CT molecular complexity index is 1090. The van der Waals surface area contributed by atoms with Crippen LogP contribution in [0.15, 0.2) is 42.1 Å². The number of hydrogen-bond donors (Lipinski definition) is 0. The maximum atomic E-state index is 13.7. The second-order valence-electron chi connectivity index (χ2n) is 7.93. The fourth-order valence-corrected chi connectivity index (χ4v) is 4.73. The second-order valence-corrected chi connectivity index (χ2v) is 8.78.